The van der Waals surface area contributed by atoms with Crippen LogP contribution in [0.1, 0.15) is 42.6 Å². The van der Waals surface area contributed by atoms with Gasteiger partial charge in [-0.1, -0.05) is 37.3 Å². The van der Waals surface area contributed by atoms with Crippen molar-refractivity contribution >= 4 is 28.4 Å². The molecule has 0 spiro atoms. The lowest BCUT2D eigenvalue weighted by Crippen LogP contribution is -2.18. The number of carbonyl (C=O) groups excluding carboxylic acids is 1. The van der Waals surface area contributed by atoms with Gasteiger partial charge >= 0.3 is 5.97 Å². The molecule has 150 valence electrons. The summed E-state index contributed by atoms with van der Waals surface area (Å²) < 4.78 is 0. The van der Waals surface area contributed by atoms with E-state index in [1.54, 1.807) is 30.6 Å². The summed E-state index contributed by atoms with van der Waals surface area (Å²) in [4.78, 5) is 25.8. The number of fused-ring (bicyclic) bond motifs is 1. The maximum Gasteiger partial charge on any atom is 0.339 e. The molecule has 0 saturated carbocycles. The molecule has 0 saturated heterocycles. The average Bonchev–Trinajstić information content (AvgIpc) is 2.73. The fraction of sp³-hybridized carbons (Fsp3) is 0.182. The third-order valence-corrected chi connectivity index (χ3v) is 4.05. The Bertz CT molecular complexity index is 1020. The van der Waals surface area contributed by atoms with Crippen molar-refractivity contribution in [2.45, 2.75) is 26.7 Å². The predicted octanol–water partition coefficient (Wildman–Crippen LogP) is 3.97. The molecule has 3 rings (SSSR count). The van der Waals surface area contributed by atoms with Gasteiger partial charge < -0.3 is 10.2 Å². The van der Waals surface area contributed by atoms with E-state index in [1.165, 1.54) is 6.07 Å². The van der Waals surface area contributed by atoms with Crippen LogP contribution in [0.4, 0.5) is 0 Å². The molecule has 1 heterocycles. The quantitative estimate of drug-likeness (QED) is 0.449. The molecule has 7 heteroatoms. The van der Waals surface area contributed by atoms with Crippen molar-refractivity contribution in [3.63, 3.8) is 0 Å². The average molecular weight is 393 g/mol. The standard InChI is InChI=1S/C11H15N3O.C11H8O3/c1-3-4-11(15)14-13-9(2)10-5-7-12-8-6-10;12-10-8-4-2-1-3-7(8)5-6-9(10)11(13)14/h5-8H,3-4H2,1-2H3,(H,14,15);1-6,12H,(H,13,14). The summed E-state index contributed by atoms with van der Waals surface area (Å²) in [6.07, 6.45) is 4.73. The van der Waals surface area contributed by atoms with E-state index in [4.69, 9.17) is 5.11 Å². The first-order valence-electron chi connectivity index (χ1n) is 9.11. The second-order valence-corrected chi connectivity index (χ2v) is 6.21. The lowest BCUT2D eigenvalue weighted by molar-refractivity contribution is -0.121. The molecular formula is C22H23N3O4. The van der Waals surface area contributed by atoms with Gasteiger partial charge in [0.1, 0.15) is 11.3 Å². The van der Waals surface area contributed by atoms with E-state index >= 15 is 0 Å². The number of hydrogen-bond acceptors (Lipinski definition) is 5. The van der Waals surface area contributed by atoms with E-state index in [9.17, 15) is 14.7 Å². The topological polar surface area (TPSA) is 112 Å². The summed E-state index contributed by atoms with van der Waals surface area (Å²) in [5.41, 5.74) is 4.18. The molecule has 2 aromatic carbocycles. The van der Waals surface area contributed by atoms with Crippen LogP contribution in [0.15, 0.2) is 66.0 Å². The van der Waals surface area contributed by atoms with Crippen molar-refractivity contribution in [1.29, 1.82) is 0 Å². The number of pyridine rings is 1. The van der Waals surface area contributed by atoms with Crippen molar-refractivity contribution in [2.24, 2.45) is 5.10 Å². The van der Waals surface area contributed by atoms with E-state index in [-0.39, 0.29) is 17.2 Å². The second-order valence-electron chi connectivity index (χ2n) is 6.21. The number of hydrazone groups is 1. The minimum atomic E-state index is -1.12. The molecule has 29 heavy (non-hydrogen) atoms. The Morgan fingerprint density at radius 1 is 1.07 bits per heavy atom. The Kier molecular flexibility index (Phi) is 7.85. The maximum atomic E-state index is 11.1. The zero-order valence-electron chi connectivity index (χ0n) is 16.3. The third-order valence-electron chi connectivity index (χ3n) is 4.05. The highest BCUT2D eigenvalue weighted by Gasteiger charge is 2.11. The number of carboxylic acids is 1. The molecule has 7 nitrogen and oxygen atoms in total. The van der Waals surface area contributed by atoms with Crippen LogP contribution in [0.3, 0.4) is 0 Å². The first-order valence-corrected chi connectivity index (χ1v) is 9.11. The normalized spacial score (nSPS) is 10.8. The Morgan fingerprint density at radius 2 is 1.76 bits per heavy atom. The van der Waals surface area contributed by atoms with Crippen molar-refractivity contribution in [1.82, 2.24) is 10.4 Å². The number of phenols is 1. The molecule has 0 atom stereocenters. The summed E-state index contributed by atoms with van der Waals surface area (Å²) in [7, 11) is 0. The fourth-order valence-corrected chi connectivity index (χ4v) is 2.51. The number of rotatable bonds is 5. The second kappa shape index (κ2) is 10.6. The van der Waals surface area contributed by atoms with Crippen molar-refractivity contribution in [3.8, 4) is 5.75 Å². The highest BCUT2D eigenvalue weighted by Crippen LogP contribution is 2.28. The number of nitrogens with zero attached hydrogens (tertiary/aromatic N) is 2. The molecule has 3 aromatic rings. The summed E-state index contributed by atoms with van der Waals surface area (Å²) in [6, 6.07) is 13.9. The lowest BCUT2D eigenvalue weighted by Gasteiger charge is -2.03. The molecule has 0 fully saturated rings. The summed E-state index contributed by atoms with van der Waals surface area (Å²) in [6.45, 7) is 3.81. The number of nitrogens with one attached hydrogen (secondary N) is 1. The minimum absolute atomic E-state index is 0.0501. The van der Waals surface area contributed by atoms with Crippen LogP contribution in [0.25, 0.3) is 10.8 Å². The van der Waals surface area contributed by atoms with E-state index in [0.717, 1.165) is 23.1 Å². The molecule has 1 amide bonds. The highest BCUT2D eigenvalue weighted by atomic mass is 16.4. The van der Waals surface area contributed by atoms with Gasteiger partial charge in [0.15, 0.2) is 0 Å². The zero-order chi connectivity index (χ0) is 21.2. The molecule has 0 aliphatic carbocycles. The van der Waals surface area contributed by atoms with Crippen LogP contribution in [0.5, 0.6) is 5.75 Å². The Balaban J connectivity index is 0.000000207. The first kappa shape index (κ1) is 21.6. The van der Waals surface area contributed by atoms with Crippen LogP contribution in [0, 0.1) is 0 Å². The van der Waals surface area contributed by atoms with Gasteiger partial charge in [-0.25, -0.2) is 10.2 Å². The molecular weight excluding hydrogens is 370 g/mol. The Hall–Kier alpha value is -3.74. The molecule has 0 bridgehead atoms. The number of carbonyl (C=O) groups is 2. The number of aromatic carboxylic acids is 1. The van der Waals surface area contributed by atoms with E-state index in [1.807, 2.05) is 38.1 Å². The third kappa shape index (κ3) is 6.14. The number of benzene rings is 2. The Labute approximate surface area is 168 Å². The molecule has 0 unspecified atom stereocenters. The van der Waals surface area contributed by atoms with Gasteiger partial charge in [0.05, 0.1) is 5.71 Å². The van der Waals surface area contributed by atoms with Gasteiger partial charge in [-0.15, -0.1) is 0 Å². The zero-order valence-corrected chi connectivity index (χ0v) is 16.3. The summed E-state index contributed by atoms with van der Waals surface area (Å²) in [5.74, 6) is -1.34. The number of carboxylic acid groups (broad SMARTS) is 1. The Morgan fingerprint density at radius 3 is 2.41 bits per heavy atom. The predicted molar refractivity (Wildman–Crippen MR) is 112 cm³/mol. The van der Waals surface area contributed by atoms with Crippen LogP contribution in [0.2, 0.25) is 0 Å². The molecule has 0 aliphatic rings. The highest BCUT2D eigenvalue weighted by molar-refractivity contribution is 6.00. The maximum absolute atomic E-state index is 11.1. The van der Waals surface area contributed by atoms with Gasteiger partial charge in [0.2, 0.25) is 5.91 Å². The van der Waals surface area contributed by atoms with Crippen molar-refractivity contribution in [2.75, 3.05) is 0 Å². The molecule has 3 N–H and O–H groups in total. The van der Waals surface area contributed by atoms with Crippen LogP contribution in [-0.4, -0.2) is 32.8 Å². The monoisotopic (exact) mass is 393 g/mol. The molecule has 1 aromatic heterocycles. The lowest BCUT2D eigenvalue weighted by atomic mass is 10.1. The molecule has 0 radical (unpaired) electrons. The van der Waals surface area contributed by atoms with Gasteiger partial charge in [-0.3, -0.25) is 9.78 Å². The summed E-state index contributed by atoms with van der Waals surface area (Å²) in [5, 5.41) is 23.8. The van der Waals surface area contributed by atoms with Crippen LogP contribution in [-0.2, 0) is 4.79 Å². The largest absolute Gasteiger partial charge is 0.506 e. The van der Waals surface area contributed by atoms with E-state index in [0.29, 0.717) is 11.8 Å². The number of aromatic hydroxyl groups is 1. The van der Waals surface area contributed by atoms with E-state index < -0.39 is 5.97 Å². The van der Waals surface area contributed by atoms with Gasteiger partial charge in [-0.2, -0.15) is 5.10 Å². The van der Waals surface area contributed by atoms with Crippen LogP contribution < -0.4 is 5.43 Å². The van der Waals surface area contributed by atoms with E-state index in [2.05, 4.69) is 15.5 Å². The smallest absolute Gasteiger partial charge is 0.339 e. The van der Waals surface area contributed by atoms with Crippen LogP contribution >= 0.6 is 0 Å². The number of aromatic nitrogens is 1. The van der Waals surface area contributed by atoms with Crippen molar-refractivity contribution < 1.29 is 19.8 Å². The van der Waals surface area contributed by atoms with Gasteiger partial charge in [-0.05, 0) is 36.9 Å². The number of hydrogen-bond donors (Lipinski definition) is 3. The van der Waals surface area contributed by atoms with Gasteiger partial charge in [0, 0.05) is 29.8 Å². The SMILES string of the molecule is CCCC(=O)NN=C(C)c1ccncc1.O=C(O)c1ccc2ccccc2c1O. The summed E-state index contributed by atoms with van der Waals surface area (Å²) >= 11 is 0. The number of amides is 1. The fourth-order valence-electron chi connectivity index (χ4n) is 2.51. The van der Waals surface area contributed by atoms with Gasteiger partial charge in [0.25, 0.3) is 0 Å². The first-order chi connectivity index (χ1) is 13.9. The molecule has 0 aliphatic heterocycles. The van der Waals surface area contributed by atoms with Crippen molar-refractivity contribution in [3.05, 3.63) is 72.1 Å². The minimum Gasteiger partial charge on any atom is -0.506 e.